The van der Waals surface area contributed by atoms with Crippen molar-refractivity contribution in [1.29, 1.82) is 0 Å². The maximum Gasteiger partial charge on any atom is 0.336 e. The molecule has 10 heteroatoms. The molecular formula is C6H14MgO9. The van der Waals surface area contributed by atoms with E-state index < -0.39 is 36.4 Å². The predicted octanol–water partition coefficient (Wildman–Crippen LogP) is -3.81. The zero-order chi connectivity index (χ0) is 10.6. The molecule has 0 spiro atoms. The minimum Gasteiger partial charge on any atom is -0.481 e. The molecule has 0 saturated carbocycles. The van der Waals surface area contributed by atoms with E-state index in [1.54, 1.807) is 0 Å². The van der Waals surface area contributed by atoms with Crippen LogP contribution in [0.15, 0.2) is 0 Å². The number of carboxylic acid groups (broad SMARTS) is 3. The highest BCUT2D eigenvalue weighted by Gasteiger charge is 2.40. The van der Waals surface area contributed by atoms with Gasteiger partial charge in [-0.2, -0.15) is 0 Å². The second-order valence-corrected chi connectivity index (χ2v) is 2.48. The molecular weight excluding hydrogens is 240 g/mol. The molecule has 0 amide bonds. The standard InChI is InChI=1S/C6H8O7.Mg.2H2O.2H/c7-3(8)1-6(13,5(11)12)2-4(9)10;;;;;/h13H,1-2H2,(H,7,8)(H,9,10)(H,11,12);;2*1H2;;. The van der Waals surface area contributed by atoms with Gasteiger partial charge in [-0.3, -0.25) is 9.59 Å². The summed E-state index contributed by atoms with van der Waals surface area (Å²) in [5.74, 6) is -5.02. The van der Waals surface area contributed by atoms with E-state index in [-0.39, 0.29) is 34.0 Å². The van der Waals surface area contributed by atoms with Crippen molar-refractivity contribution in [2.24, 2.45) is 0 Å². The number of aliphatic carboxylic acids is 3. The molecule has 8 N–H and O–H groups in total. The fraction of sp³-hybridized carbons (Fsp3) is 0.500. The highest BCUT2D eigenvalue weighted by Crippen LogP contribution is 2.15. The third kappa shape index (κ3) is 8.37. The molecule has 0 rings (SSSR count). The summed E-state index contributed by atoms with van der Waals surface area (Å²) in [6.45, 7) is 0. The molecule has 0 atom stereocenters. The van der Waals surface area contributed by atoms with Gasteiger partial charge in [0.2, 0.25) is 0 Å². The van der Waals surface area contributed by atoms with Crippen LogP contribution in [0.2, 0.25) is 0 Å². The van der Waals surface area contributed by atoms with Gasteiger partial charge < -0.3 is 31.4 Å². The fourth-order valence-corrected chi connectivity index (χ4v) is 0.714. The van der Waals surface area contributed by atoms with Crippen LogP contribution >= 0.6 is 0 Å². The lowest BCUT2D eigenvalue weighted by Gasteiger charge is -2.18. The maximum atomic E-state index is 10.3. The van der Waals surface area contributed by atoms with Crippen LogP contribution in [-0.2, 0) is 14.4 Å². The van der Waals surface area contributed by atoms with Crippen LogP contribution < -0.4 is 0 Å². The van der Waals surface area contributed by atoms with Crippen molar-refractivity contribution in [1.82, 2.24) is 0 Å². The largest absolute Gasteiger partial charge is 0.481 e. The van der Waals surface area contributed by atoms with Crippen LogP contribution in [0.4, 0.5) is 0 Å². The summed E-state index contributed by atoms with van der Waals surface area (Å²) in [4.78, 5) is 30.5. The average Bonchev–Trinajstić information content (AvgIpc) is 1.82. The molecule has 0 fully saturated rings. The zero-order valence-electron chi connectivity index (χ0n) is 7.43. The first-order chi connectivity index (χ1) is 5.78. The SMILES string of the molecule is O.O.O=C(O)CC(O)(CC(=O)O)C(=O)O.[MgH2]. The van der Waals surface area contributed by atoms with Crippen molar-refractivity contribution < 1.29 is 45.8 Å². The van der Waals surface area contributed by atoms with Crippen molar-refractivity contribution in [3.05, 3.63) is 0 Å². The van der Waals surface area contributed by atoms with Crippen LogP contribution in [0.3, 0.4) is 0 Å². The summed E-state index contributed by atoms with van der Waals surface area (Å²) in [7, 11) is 0. The molecule has 0 saturated heterocycles. The normalized spacial score (nSPS) is 8.81. The van der Waals surface area contributed by atoms with E-state index in [9.17, 15) is 14.4 Å². The summed E-state index contributed by atoms with van der Waals surface area (Å²) < 4.78 is 0. The van der Waals surface area contributed by atoms with Gasteiger partial charge in [0.05, 0.1) is 12.8 Å². The minimum absolute atomic E-state index is 0. The van der Waals surface area contributed by atoms with Crippen LogP contribution in [0.25, 0.3) is 0 Å². The molecule has 9 nitrogen and oxygen atoms in total. The molecule has 0 aromatic rings. The number of carboxylic acids is 3. The van der Waals surface area contributed by atoms with Gasteiger partial charge in [0.1, 0.15) is 0 Å². The zero-order valence-corrected chi connectivity index (χ0v) is 7.43. The van der Waals surface area contributed by atoms with Gasteiger partial charge in [0, 0.05) is 0 Å². The lowest BCUT2D eigenvalue weighted by atomic mass is 9.96. The summed E-state index contributed by atoms with van der Waals surface area (Å²) in [5, 5.41) is 33.8. The van der Waals surface area contributed by atoms with Crippen LogP contribution in [-0.4, -0.2) is 77.9 Å². The summed E-state index contributed by atoms with van der Waals surface area (Å²) in [5.41, 5.74) is -2.74. The van der Waals surface area contributed by atoms with Crippen molar-refractivity contribution in [3.8, 4) is 0 Å². The molecule has 0 heterocycles. The van der Waals surface area contributed by atoms with Gasteiger partial charge in [0.15, 0.2) is 5.60 Å². The highest BCUT2D eigenvalue weighted by molar-refractivity contribution is 5.88. The third-order valence-corrected chi connectivity index (χ3v) is 1.29. The quantitative estimate of drug-likeness (QED) is 0.360. The van der Waals surface area contributed by atoms with E-state index in [1.807, 2.05) is 0 Å². The molecule has 0 bridgehead atoms. The van der Waals surface area contributed by atoms with Crippen LogP contribution in [0, 0.1) is 0 Å². The Morgan fingerprint density at radius 3 is 1.25 bits per heavy atom. The Hall–Kier alpha value is -0.944. The third-order valence-electron chi connectivity index (χ3n) is 1.29. The van der Waals surface area contributed by atoms with Crippen molar-refractivity contribution in [2.45, 2.75) is 18.4 Å². The maximum absolute atomic E-state index is 10.3. The van der Waals surface area contributed by atoms with Crippen LogP contribution in [0.1, 0.15) is 12.8 Å². The van der Waals surface area contributed by atoms with Gasteiger partial charge in [-0.25, -0.2) is 4.79 Å². The fourth-order valence-electron chi connectivity index (χ4n) is 0.714. The summed E-state index contributed by atoms with van der Waals surface area (Å²) in [6.07, 6.45) is -2.29. The number of aliphatic hydroxyl groups is 1. The Labute approximate surface area is 105 Å². The van der Waals surface area contributed by atoms with Crippen molar-refractivity contribution in [2.75, 3.05) is 0 Å². The number of carbonyl (C=O) groups is 3. The first-order valence-corrected chi connectivity index (χ1v) is 3.17. The molecule has 0 aliphatic heterocycles. The first kappa shape index (κ1) is 24.3. The Kier molecular flexibility index (Phi) is 14.1. The van der Waals surface area contributed by atoms with Gasteiger partial charge in [-0.15, -0.1) is 0 Å². The second-order valence-electron chi connectivity index (χ2n) is 2.48. The Bertz CT molecular complexity index is 234. The molecule has 0 aromatic carbocycles. The van der Waals surface area contributed by atoms with Gasteiger partial charge in [-0.1, -0.05) is 0 Å². The molecule has 0 aliphatic rings. The van der Waals surface area contributed by atoms with Gasteiger partial charge in [-0.05, 0) is 0 Å². The predicted molar refractivity (Wildman–Crippen MR) is 52.9 cm³/mol. The van der Waals surface area contributed by atoms with E-state index in [2.05, 4.69) is 0 Å². The van der Waals surface area contributed by atoms with Crippen molar-refractivity contribution >= 4 is 41.0 Å². The van der Waals surface area contributed by atoms with Gasteiger partial charge >= 0.3 is 41.0 Å². The molecule has 0 unspecified atom stereocenters. The second kappa shape index (κ2) is 9.29. The van der Waals surface area contributed by atoms with E-state index in [4.69, 9.17) is 20.4 Å². The average molecular weight is 254 g/mol. The first-order valence-electron chi connectivity index (χ1n) is 3.17. The number of hydrogen-bond acceptors (Lipinski definition) is 4. The molecule has 94 valence electrons. The summed E-state index contributed by atoms with van der Waals surface area (Å²) in [6, 6.07) is 0. The van der Waals surface area contributed by atoms with Crippen molar-refractivity contribution in [3.63, 3.8) is 0 Å². The molecule has 0 aliphatic carbocycles. The Morgan fingerprint density at radius 1 is 0.875 bits per heavy atom. The van der Waals surface area contributed by atoms with E-state index in [0.717, 1.165) is 0 Å². The molecule has 16 heavy (non-hydrogen) atoms. The Balaban J connectivity index is -0.000000240. The van der Waals surface area contributed by atoms with E-state index in [0.29, 0.717) is 0 Å². The van der Waals surface area contributed by atoms with E-state index in [1.165, 1.54) is 0 Å². The monoisotopic (exact) mass is 254 g/mol. The van der Waals surface area contributed by atoms with E-state index >= 15 is 0 Å². The number of hydrogen-bond donors (Lipinski definition) is 4. The summed E-state index contributed by atoms with van der Waals surface area (Å²) >= 11 is 0. The number of rotatable bonds is 5. The van der Waals surface area contributed by atoms with Gasteiger partial charge in [0.25, 0.3) is 0 Å². The lowest BCUT2D eigenvalue weighted by Crippen LogP contribution is -2.42. The lowest BCUT2D eigenvalue weighted by molar-refractivity contribution is -0.170. The highest BCUT2D eigenvalue weighted by atomic mass is 24.3. The Morgan fingerprint density at radius 2 is 1.12 bits per heavy atom. The topological polar surface area (TPSA) is 195 Å². The smallest absolute Gasteiger partial charge is 0.336 e. The van der Waals surface area contributed by atoms with Crippen LogP contribution in [0.5, 0.6) is 0 Å². The minimum atomic E-state index is -2.74. The molecule has 0 radical (unpaired) electrons. The molecule has 0 aromatic heterocycles.